The molecule has 0 unspecified atom stereocenters. The molecule has 0 bridgehead atoms. The van der Waals surface area contributed by atoms with Gasteiger partial charge in [0.2, 0.25) is 0 Å². The van der Waals surface area contributed by atoms with Crippen LogP contribution in [0.5, 0.6) is 17.2 Å². The van der Waals surface area contributed by atoms with E-state index in [-0.39, 0.29) is 5.56 Å². The number of aromatic amines is 3. The first kappa shape index (κ1) is 56.0. The molecule has 0 amide bonds. The number of unbranched alkanes of at least 4 members (excludes halogenated alkanes) is 3. The first-order chi connectivity index (χ1) is 35.1. The predicted octanol–water partition coefficient (Wildman–Crippen LogP) is 11.2. The summed E-state index contributed by atoms with van der Waals surface area (Å²) in [4.78, 5) is 70.1. The SMILES string of the molecule is CC.CCC[CH2][Sn]([CH2]CCC)([CH2]CCC)[c]1cnccn1.COc1cnc(-c2cnccn2)c2[nH]cc(C(=O)C(=O)O)c12.COc1cnc(-c2cnccn2)c2[nH]ccc12.COc1cnc(Br)c2[nH]ccc12. The number of methoxy groups -OCH3 is 3. The van der Waals surface area contributed by atoms with Gasteiger partial charge < -0.3 is 34.3 Å². The molecule has 4 N–H and O–H groups in total. The van der Waals surface area contributed by atoms with Crippen LogP contribution in [0.1, 0.15) is 83.5 Å². The largest absolute Gasteiger partial charge is 0.494 e. The van der Waals surface area contributed by atoms with Gasteiger partial charge >= 0.3 is 129 Å². The number of carboxylic acid groups (broad SMARTS) is 1. The molecule has 0 aliphatic carbocycles. The van der Waals surface area contributed by atoms with Gasteiger partial charge in [0.05, 0.1) is 79.8 Å². The zero-order chi connectivity index (χ0) is 51.9. The summed E-state index contributed by atoms with van der Waals surface area (Å²) in [6.07, 6.45) is 33.3. The number of carboxylic acids is 1. The van der Waals surface area contributed by atoms with Crippen LogP contribution in [0, 0.1) is 0 Å². The average molecular weight is 1150 g/mol. The van der Waals surface area contributed by atoms with Crippen molar-refractivity contribution in [2.45, 2.75) is 86.5 Å². The number of ether oxygens (including phenoxy) is 3. The quantitative estimate of drug-likeness (QED) is 0.0287. The zero-order valence-electron chi connectivity index (χ0n) is 42.1. The van der Waals surface area contributed by atoms with Gasteiger partial charge in [0.1, 0.15) is 44.6 Å². The number of nitrogens with zero attached hydrogens (tertiary/aromatic N) is 9. The Kier molecular flexibility index (Phi) is 22.5. The monoisotopic (exact) mass is 1150 g/mol. The molecule has 0 saturated carbocycles. The van der Waals surface area contributed by atoms with E-state index >= 15 is 0 Å². The van der Waals surface area contributed by atoms with Gasteiger partial charge in [-0.05, 0) is 28.1 Å². The van der Waals surface area contributed by atoms with Crippen LogP contribution in [0.25, 0.3) is 55.5 Å². The number of carbonyl (C=O) groups is 2. The molecule has 0 aliphatic rings. The van der Waals surface area contributed by atoms with E-state index in [2.05, 4.69) is 97.7 Å². The molecular weight excluding hydrogens is 1090 g/mol. The number of halogens is 1. The Hall–Kier alpha value is -6.87. The summed E-state index contributed by atoms with van der Waals surface area (Å²) < 4.78 is 22.3. The van der Waals surface area contributed by atoms with Gasteiger partial charge in [-0.1, -0.05) is 13.8 Å². The van der Waals surface area contributed by atoms with E-state index < -0.39 is 30.1 Å². The third-order valence-corrected chi connectivity index (χ3v) is 27.3. The van der Waals surface area contributed by atoms with Crippen LogP contribution in [-0.2, 0) is 4.79 Å². The summed E-state index contributed by atoms with van der Waals surface area (Å²) in [5, 5.41) is 11.3. The minimum absolute atomic E-state index is 0.00638. The maximum Gasteiger partial charge on any atom is 0.377 e. The molecule has 72 heavy (non-hydrogen) atoms. The smallest absolute Gasteiger partial charge is 0.377 e. The summed E-state index contributed by atoms with van der Waals surface area (Å²) in [5.74, 6) is -0.738. The Labute approximate surface area is 431 Å². The van der Waals surface area contributed by atoms with E-state index in [0.717, 1.165) is 49.3 Å². The van der Waals surface area contributed by atoms with Crippen molar-refractivity contribution in [2.75, 3.05) is 21.3 Å². The molecule has 9 heterocycles. The minimum atomic E-state index is -2.27. The second-order valence-electron chi connectivity index (χ2n) is 16.0. The molecule has 9 aromatic rings. The number of carbonyl (C=O) groups excluding carboxylic acids is 1. The van der Waals surface area contributed by atoms with Gasteiger partial charge in [0.25, 0.3) is 5.78 Å². The number of ketones is 1. The number of aromatic nitrogens is 12. The standard InChI is InChI=1S/C14H10N4O4.C12H10N4O.C8H7BrN2O.C4H3N2.3C4H9.C2H6.Sn/c1-22-9-6-18-11(8-5-15-2-3-16-8)12-10(9)7(4-17-12)13(19)14(20)21;1-17-10-7-16-12(9-6-13-4-5-14-9)11-8(10)2-3-15-11;1-12-6-4-11-8(9)7-5(6)2-3-10-7;1-2-6-4-3-5-1;3*1-3-4-2;1-2;/h2-6,17H,1H3,(H,20,21);2-7,15H,1H3;2-4,10H,1H3;1-3H;3*1,3-4H2,2H3;1-2H3;. The summed E-state index contributed by atoms with van der Waals surface area (Å²) in [6.45, 7) is 10.9. The number of Topliss-reactive ketones (excluding diaryl/α,β-unsaturated/α-hetero) is 1. The molecule has 378 valence electrons. The summed E-state index contributed by atoms with van der Waals surface area (Å²) >= 11 is 1.07. The van der Waals surface area contributed by atoms with Gasteiger partial charge in [0, 0.05) is 54.2 Å². The maximum absolute atomic E-state index is 11.8. The fourth-order valence-electron chi connectivity index (χ4n) is 8.02. The second-order valence-corrected chi connectivity index (χ2v) is 29.8. The third kappa shape index (κ3) is 14.0. The van der Waals surface area contributed by atoms with Crippen molar-refractivity contribution in [3.05, 3.63) is 115 Å². The van der Waals surface area contributed by atoms with E-state index in [1.54, 1.807) is 45.2 Å². The number of H-pyrrole nitrogens is 3. The number of rotatable bonds is 17. The molecule has 0 saturated heterocycles. The van der Waals surface area contributed by atoms with Gasteiger partial charge in [-0.3, -0.25) is 24.7 Å². The molecule has 9 rings (SSSR count). The van der Waals surface area contributed by atoms with Crippen molar-refractivity contribution < 1.29 is 28.9 Å². The number of fused-ring (bicyclic) bond motifs is 3. The van der Waals surface area contributed by atoms with E-state index in [1.807, 2.05) is 50.8 Å². The van der Waals surface area contributed by atoms with Crippen molar-refractivity contribution in [1.82, 2.24) is 59.8 Å². The van der Waals surface area contributed by atoms with E-state index in [9.17, 15) is 9.59 Å². The van der Waals surface area contributed by atoms with Gasteiger partial charge in [-0.25, -0.2) is 19.7 Å². The van der Waals surface area contributed by atoms with Crippen molar-refractivity contribution in [1.29, 1.82) is 0 Å². The van der Waals surface area contributed by atoms with Crippen LogP contribution in [0.3, 0.4) is 0 Å². The Morgan fingerprint density at radius 1 is 0.583 bits per heavy atom. The first-order valence-electron chi connectivity index (χ1n) is 23.9. The van der Waals surface area contributed by atoms with Crippen molar-refractivity contribution >= 4 is 82.5 Å². The number of nitrogens with one attached hydrogen (secondary N) is 3. The van der Waals surface area contributed by atoms with Crippen LogP contribution in [0.15, 0.2) is 110 Å². The van der Waals surface area contributed by atoms with Gasteiger partial charge in [-0.15, -0.1) is 0 Å². The van der Waals surface area contributed by atoms with Crippen molar-refractivity contribution in [3.8, 4) is 40.0 Å². The van der Waals surface area contributed by atoms with Gasteiger partial charge in [-0.2, -0.15) is 0 Å². The molecule has 18 nitrogen and oxygen atoms in total. The number of hydrogen-bond donors (Lipinski definition) is 4. The van der Waals surface area contributed by atoms with E-state index in [4.69, 9.17) is 24.3 Å². The molecule has 0 spiro atoms. The second kappa shape index (κ2) is 28.8. The molecule has 0 aliphatic heterocycles. The Morgan fingerprint density at radius 3 is 1.53 bits per heavy atom. The van der Waals surface area contributed by atoms with Crippen LogP contribution < -0.4 is 17.9 Å². The summed E-state index contributed by atoms with van der Waals surface area (Å²) in [6, 6.07) is 3.91. The zero-order valence-corrected chi connectivity index (χ0v) is 46.5. The van der Waals surface area contributed by atoms with E-state index in [0.29, 0.717) is 28.0 Å². The van der Waals surface area contributed by atoms with Crippen molar-refractivity contribution in [3.63, 3.8) is 0 Å². The average Bonchev–Trinajstić information content (AvgIpc) is 4.24. The number of hydrogen-bond acceptors (Lipinski definition) is 14. The van der Waals surface area contributed by atoms with Crippen molar-refractivity contribution in [2.24, 2.45) is 0 Å². The Bertz CT molecular complexity index is 3040. The summed E-state index contributed by atoms with van der Waals surface area (Å²) in [5.41, 5.74) is 4.80. The van der Waals surface area contributed by atoms with Crippen LogP contribution in [0.4, 0.5) is 0 Å². The Morgan fingerprint density at radius 2 is 1.06 bits per heavy atom. The van der Waals surface area contributed by atoms with Gasteiger partial charge in [0.15, 0.2) is 0 Å². The fraction of sp³-hybridized carbons (Fsp3) is 0.327. The molecular formula is C52H63BrN12O6Sn. The van der Waals surface area contributed by atoms with Crippen LogP contribution in [0.2, 0.25) is 13.3 Å². The predicted molar refractivity (Wildman–Crippen MR) is 288 cm³/mol. The molecule has 9 aromatic heterocycles. The minimum Gasteiger partial charge on any atom is -0.494 e. The van der Waals surface area contributed by atoms with Crippen LogP contribution >= 0.6 is 15.9 Å². The maximum atomic E-state index is 11.8. The molecule has 20 heteroatoms. The molecule has 0 radical (unpaired) electrons. The molecule has 0 fully saturated rings. The van der Waals surface area contributed by atoms with Crippen LogP contribution in [-0.4, -0.2) is 116 Å². The third-order valence-electron chi connectivity index (χ3n) is 11.6. The first-order valence-corrected chi connectivity index (χ1v) is 32.2. The number of aliphatic carboxylic acids is 1. The topological polar surface area (TPSA) is 245 Å². The molecule has 0 aromatic carbocycles. The number of pyridine rings is 3. The Balaban J connectivity index is 0.000000179. The van der Waals surface area contributed by atoms with E-state index in [1.165, 1.54) is 93.6 Å². The normalized spacial score (nSPS) is 10.7. The fourth-order valence-corrected chi connectivity index (χ4v) is 23.6. The summed E-state index contributed by atoms with van der Waals surface area (Å²) in [7, 11) is 4.68. The molecule has 0 atom stereocenters.